The smallest absolute Gasteiger partial charge is 0.208 e. The summed E-state index contributed by atoms with van der Waals surface area (Å²) < 4.78 is 24.9. The van der Waals surface area contributed by atoms with Gasteiger partial charge in [-0.05, 0) is 29.7 Å². The number of rotatable bonds is 4. The summed E-state index contributed by atoms with van der Waals surface area (Å²) in [4.78, 5) is 0. The summed E-state index contributed by atoms with van der Waals surface area (Å²) in [6, 6.07) is 14.3. The fraction of sp³-hybridized carbons (Fsp3) is 0.286. The Morgan fingerprint density at radius 2 is 1.78 bits per heavy atom. The van der Waals surface area contributed by atoms with Crippen molar-refractivity contribution in [2.24, 2.45) is 0 Å². The second-order valence-corrected chi connectivity index (χ2v) is 6.46. The van der Waals surface area contributed by atoms with Gasteiger partial charge in [0.15, 0.2) is 0 Å². The van der Waals surface area contributed by atoms with Crippen LogP contribution in [0.2, 0.25) is 0 Å². The molecule has 0 amide bonds. The molecule has 4 heteroatoms. The molecule has 1 atom stereocenters. The maximum Gasteiger partial charge on any atom is 0.208 e. The van der Waals surface area contributed by atoms with Gasteiger partial charge in [-0.3, -0.25) is 0 Å². The van der Waals surface area contributed by atoms with Gasteiger partial charge >= 0.3 is 0 Å². The highest BCUT2D eigenvalue weighted by molar-refractivity contribution is 7.88. The highest BCUT2D eigenvalue weighted by Gasteiger charge is 2.09. The lowest BCUT2D eigenvalue weighted by molar-refractivity contribution is 0.566. The van der Waals surface area contributed by atoms with E-state index in [1.807, 2.05) is 25.1 Å². The summed E-state index contributed by atoms with van der Waals surface area (Å²) in [6.45, 7) is 1.87. The highest BCUT2D eigenvalue weighted by atomic mass is 32.2. The summed E-state index contributed by atoms with van der Waals surface area (Å²) in [7, 11) is -3.14. The Balaban J connectivity index is 2.17. The predicted octanol–water partition coefficient (Wildman–Crippen LogP) is 2.32. The third-order valence-corrected chi connectivity index (χ3v) is 3.60. The van der Waals surface area contributed by atoms with Gasteiger partial charge in [-0.15, -0.1) is 0 Å². The molecule has 0 fully saturated rings. The minimum atomic E-state index is -3.14. The van der Waals surface area contributed by atoms with Crippen LogP contribution in [0.25, 0.3) is 10.8 Å². The topological polar surface area (TPSA) is 46.2 Å². The quantitative estimate of drug-likeness (QED) is 0.920. The molecule has 2 rings (SSSR count). The van der Waals surface area contributed by atoms with Gasteiger partial charge in [0.25, 0.3) is 0 Å². The molecular weight excluding hydrogens is 246 g/mol. The second-order valence-electron chi connectivity index (χ2n) is 4.68. The zero-order valence-electron chi connectivity index (χ0n) is 10.6. The van der Waals surface area contributed by atoms with Gasteiger partial charge in [0.1, 0.15) is 0 Å². The minimum Gasteiger partial charge on any atom is -0.213 e. The molecule has 0 bridgehead atoms. The maximum absolute atomic E-state index is 11.1. The summed E-state index contributed by atoms with van der Waals surface area (Å²) in [5, 5.41) is 2.38. The first kappa shape index (κ1) is 13.1. The van der Waals surface area contributed by atoms with Crippen LogP contribution in [-0.2, 0) is 16.4 Å². The lowest BCUT2D eigenvalue weighted by Gasteiger charge is -2.12. The van der Waals surface area contributed by atoms with Crippen LogP contribution < -0.4 is 4.72 Å². The van der Waals surface area contributed by atoms with E-state index in [1.165, 1.54) is 17.0 Å². The number of sulfonamides is 1. The molecule has 0 aliphatic carbocycles. The lowest BCUT2D eigenvalue weighted by atomic mass is 10.0. The van der Waals surface area contributed by atoms with Crippen LogP contribution in [0.1, 0.15) is 12.5 Å². The van der Waals surface area contributed by atoms with E-state index in [-0.39, 0.29) is 6.04 Å². The molecule has 1 N–H and O–H groups in total. The van der Waals surface area contributed by atoms with Crippen molar-refractivity contribution in [2.75, 3.05) is 6.26 Å². The number of nitrogens with one attached hydrogen (secondary N) is 1. The average Bonchev–Trinajstić information content (AvgIpc) is 2.26. The lowest BCUT2D eigenvalue weighted by Crippen LogP contribution is -2.33. The summed E-state index contributed by atoms with van der Waals surface area (Å²) in [5.74, 6) is 0. The molecule has 0 heterocycles. The van der Waals surface area contributed by atoms with E-state index in [9.17, 15) is 8.42 Å². The third-order valence-electron chi connectivity index (χ3n) is 2.77. The molecule has 18 heavy (non-hydrogen) atoms. The van der Waals surface area contributed by atoms with Gasteiger partial charge < -0.3 is 0 Å². The van der Waals surface area contributed by atoms with Crippen molar-refractivity contribution in [3.8, 4) is 0 Å². The van der Waals surface area contributed by atoms with Crippen LogP contribution in [0.4, 0.5) is 0 Å². The number of hydrogen-bond donors (Lipinski definition) is 1. The van der Waals surface area contributed by atoms with Gasteiger partial charge in [-0.25, -0.2) is 13.1 Å². The average molecular weight is 263 g/mol. The van der Waals surface area contributed by atoms with Crippen molar-refractivity contribution < 1.29 is 8.42 Å². The largest absolute Gasteiger partial charge is 0.213 e. The number of fused-ring (bicyclic) bond motifs is 1. The predicted molar refractivity (Wildman–Crippen MR) is 75.1 cm³/mol. The molecule has 0 radical (unpaired) electrons. The Hall–Kier alpha value is -1.39. The van der Waals surface area contributed by atoms with E-state index < -0.39 is 10.0 Å². The van der Waals surface area contributed by atoms with Crippen LogP contribution in [0.5, 0.6) is 0 Å². The fourth-order valence-corrected chi connectivity index (χ4v) is 2.94. The molecule has 0 saturated heterocycles. The standard InChI is InChI=1S/C14H17NO2S/c1-11(15-18(2,16)17)9-12-7-8-13-5-3-4-6-14(13)10-12/h3-8,10-11,15H,9H2,1-2H3. The van der Waals surface area contributed by atoms with Crippen molar-refractivity contribution >= 4 is 20.8 Å². The van der Waals surface area contributed by atoms with Crippen LogP contribution in [-0.4, -0.2) is 20.7 Å². The first-order valence-corrected chi connectivity index (χ1v) is 7.78. The van der Waals surface area contributed by atoms with Crippen LogP contribution in [0.15, 0.2) is 42.5 Å². The molecule has 0 spiro atoms. The summed E-state index contributed by atoms with van der Waals surface area (Å²) in [5.41, 5.74) is 1.14. The van der Waals surface area contributed by atoms with Gasteiger partial charge in [-0.1, -0.05) is 42.5 Å². The highest BCUT2D eigenvalue weighted by Crippen LogP contribution is 2.16. The Kier molecular flexibility index (Phi) is 3.68. The van der Waals surface area contributed by atoms with E-state index >= 15 is 0 Å². The SMILES string of the molecule is CC(Cc1ccc2ccccc2c1)NS(C)(=O)=O. The van der Waals surface area contributed by atoms with Crippen molar-refractivity contribution in [3.05, 3.63) is 48.0 Å². The van der Waals surface area contributed by atoms with E-state index in [0.29, 0.717) is 6.42 Å². The van der Waals surface area contributed by atoms with Crippen LogP contribution in [0, 0.1) is 0 Å². The van der Waals surface area contributed by atoms with Crippen LogP contribution in [0.3, 0.4) is 0 Å². The van der Waals surface area contributed by atoms with E-state index in [1.54, 1.807) is 0 Å². The number of benzene rings is 2. The Bertz CT molecular complexity index is 650. The minimum absolute atomic E-state index is 0.0961. The molecule has 96 valence electrons. The monoisotopic (exact) mass is 263 g/mol. The van der Waals surface area contributed by atoms with Gasteiger partial charge in [0.2, 0.25) is 10.0 Å². The van der Waals surface area contributed by atoms with Gasteiger partial charge in [-0.2, -0.15) is 0 Å². The number of hydrogen-bond acceptors (Lipinski definition) is 2. The molecular formula is C14H17NO2S. The van der Waals surface area contributed by atoms with E-state index in [2.05, 4.69) is 29.0 Å². The molecule has 2 aromatic carbocycles. The van der Waals surface area contributed by atoms with Crippen molar-refractivity contribution in [3.63, 3.8) is 0 Å². The molecule has 0 aromatic heterocycles. The zero-order chi connectivity index (χ0) is 13.2. The third kappa shape index (κ3) is 3.55. The molecule has 2 aromatic rings. The van der Waals surface area contributed by atoms with Crippen molar-refractivity contribution in [1.29, 1.82) is 0 Å². The van der Waals surface area contributed by atoms with Gasteiger partial charge in [0.05, 0.1) is 6.26 Å². The molecule has 0 aliphatic rings. The molecule has 0 aliphatic heterocycles. The Morgan fingerprint density at radius 3 is 2.44 bits per heavy atom. The van der Waals surface area contributed by atoms with Gasteiger partial charge in [0, 0.05) is 6.04 Å². The van der Waals surface area contributed by atoms with E-state index in [0.717, 1.165) is 5.56 Å². The molecule has 0 saturated carbocycles. The Labute approximate surface area is 108 Å². The summed E-state index contributed by atoms with van der Waals surface area (Å²) in [6.07, 6.45) is 1.88. The summed E-state index contributed by atoms with van der Waals surface area (Å²) >= 11 is 0. The molecule has 3 nitrogen and oxygen atoms in total. The van der Waals surface area contributed by atoms with Crippen molar-refractivity contribution in [2.45, 2.75) is 19.4 Å². The second kappa shape index (κ2) is 5.08. The van der Waals surface area contributed by atoms with E-state index in [4.69, 9.17) is 0 Å². The first-order valence-electron chi connectivity index (χ1n) is 5.89. The zero-order valence-corrected chi connectivity index (χ0v) is 11.4. The maximum atomic E-state index is 11.1. The van der Waals surface area contributed by atoms with Crippen molar-refractivity contribution in [1.82, 2.24) is 4.72 Å². The fourth-order valence-electron chi connectivity index (χ4n) is 2.13. The Morgan fingerprint density at radius 1 is 1.11 bits per heavy atom. The normalized spacial score (nSPS) is 13.7. The first-order chi connectivity index (χ1) is 8.44. The molecule has 1 unspecified atom stereocenters. The van der Waals surface area contributed by atoms with Crippen LogP contribution >= 0.6 is 0 Å².